The third-order valence-electron chi connectivity index (χ3n) is 3.11. The predicted octanol–water partition coefficient (Wildman–Crippen LogP) is 2.51. The Morgan fingerprint density at radius 3 is 2.65 bits per heavy atom. The molecule has 0 spiro atoms. The lowest BCUT2D eigenvalue weighted by molar-refractivity contribution is -0.136. The SMILES string of the molecule is NNC(CCCC1CCCO1)CCC(F)(F)F. The van der Waals surface area contributed by atoms with Crippen LogP contribution in [0.25, 0.3) is 0 Å². The van der Waals surface area contributed by atoms with Gasteiger partial charge < -0.3 is 4.74 Å². The van der Waals surface area contributed by atoms with E-state index in [2.05, 4.69) is 5.43 Å². The fourth-order valence-electron chi connectivity index (χ4n) is 2.11. The average Bonchev–Trinajstić information content (AvgIpc) is 2.74. The zero-order valence-electron chi connectivity index (χ0n) is 9.93. The predicted molar refractivity (Wildman–Crippen MR) is 59.2 cm³/mol. The second-order valence-corrected chi connectivity index (χ2v) is 4.58. The number of hydrazine groups is 1. The first-order chi connectivity index (χ1) is 8.01. The van der Waals surface area contributed by atoms with Gasteiger partial charge in [0.15, 0.2) is 0 Å². The molecule has 0 saturated carbocycles. The standard InChI is InChI=1S/C11H21F3N2O/c12-11(13,14)7-6-9(16-15)3-1-4-10-5-2-8-17-10/h9-10,16H,1-8,15H2. The Morgan fingerprint density at radius 1 is 1.35 bits per heavy atom. The van der Waals surface area contributed by atoms with E-state index in [1.165, 1.54) is 0 Å². The number of rotatable bonds is 7. The Bertz CT molecular complexity index is 205. The van der Waals surface area contributed by atoms with Gasteiger partial charge in [-0.15, -0.1) is 0 Å². The van der Waals surface area contributed by atoms with Crippen LogP contribution in [0, 0.1) is 0 Å². The molecule has 0 aromatic heterocycles. The zero-order chi connectivity index (χ0) is 12.7. The molecule has 0 amide bonds. The summed E-state index contributed by atoms with van der Waals surface area (Å²) in [4.78, 5) is 0. The summed E-state index contributed by atoms with van der Waals surface area (Å²) in [5.41, 5.74) is 2.46. The third kappa shape index (κ3) is 6.85. The molecule has 1 saturated heterocycles. The molecule has 1 fully saturated rings. The van der Waals surface area contributed by atoms with Gasteiger partial charge in [0.25, 0.3) is 0 Å². The largest absolute Gasteiger partial charge is 0.389 e. The second kappa shape index (κ2) is 7.18. The Labute approximate surface area is 99.9 Å². The van der Waals surface area contributed by atoms with Crippen LogP contribution < -0.4 is 11.3 Å². The number of halogens is 3. The van der Waals surface area contributed by atoms with Crippen LogP contribution in [0.15, 0.2) is 0 Å². The molecule has 17 heavy (non-hydrogen) atoms. The van der Waals surface area contributed by atoms with Crippen molar-refractivity contribution < 1.29 is 17.9 Å². The summed E-state index contributed by atoms with van der Waals surface area (Å²) in [6, 6.07) is -0.252. The van der Waals surface area contributed by atoms with Crippen molar-refractivity contribution in [3.05, 3.63) is 0 Å². The van der Waals surface area contributed by atoms with Crippen molar-refractivity contribution in [3.63, 3.8) is 0 Å². The molecule has 2 unspecified atom stereocenters. The van der Waals surface area contributed by atoms with Gasteiger partial charge in [-0.25, -0.2) is 0 Å². The van der Waals surface area contributed by atoms with Gasteiger partial charge in [0.2, 0.25) is 0 Å². The minimum atomic E-state index is -4.09. The maximum absolute atomic E-state index is 12.0. The van der Waals surface area contributed by atoms with Crippen LogP contribution in [-0.2, 0) is 4.74 Å². The molecule has 3 N–H and O–H groups in total. The molecule has 102 valence electrons. The quantitative estimate of drug-likeness (QED) is 0.542. The highest BCUT2D eigenvalue weighted by Gasteiger charge is 2.28. The number of nitrogens with one attached hydrogen (secondary N) is 1. The number of ether oxygens (including phenoxy) is 1. The van der Waals surface area contributed by atoms with E-state index < -0.39 is 12.6 Å². The Kier molecular flexibility index (Phi) is 6.22. The van der Waals surface area contributed by atoms with Crippen LogP contribution in [0.3, 0.4) is 0 Å². The van der Waals surface area contributed by atoms with Gasteiger partial charge in [0, 0.05) is 19.1 Å². The van der Waals surface area contributed by atoms with E-state index in [9.17, 15) is 13.2 Å². The molecule has 0 aromatic rings. The van der Waals surface area contributed by atoms with Gasteiger partial charge in [-0.3, -0.25) is 11.3 Å². The molecule has 6 heteroatoms. The highest BCUT2D eigenvalue weighted by Crippen LogP contribution is 2.24. The second-order valence-electron chi connectivity index (χ2n) is 4.58. The third-order valence-corrected chi connectivity index (χ3v) is 3.11. The summed E-state index contributed by atoms with van der Waals surface area (Å²) < 4.78 is 41.5. The number of alkyl halides is 3. The lowest BCUT2D eigenvalue weighted by atomic mass is 10.0. The maximum atomic E-state index is 12.0. The molecule has 1 rings (SSSR count). The first-order valence-electron chi connectivity index (χ1n) is 6.16. The van der Waals surface area contributed by atoms with E-state index >= 15 is 0 Å². The van der Waals surface area contributed by atoms with Gasteiger partial charge in [-0.1, -0.05) is 0 Å². The normalized spacial score (nSPS) is 22.9. The lowest BCUT2D eigenvalue weighted by Gasteiger charge is -2.17. The highest BCUT2D eigenvalue weighted by molar-refractivity contribution is 4.70. The Morgan fingerprint density at radius 2 is 2.12 bits per heavy atom. The minimum absolute atomic E-state index is 0.0471. The summed E-state index contributed by atoms with van der Waals surface area (Å²) in [5, 5.41) is 0. The summed E-state index contributed by atoms with van der Waals surface area (Å²) >= 11 is 0. The van der Waals surface area contributed by atoms with Crippen molar-refractivity contribution in [2.24, 2.45) is 5.84 Å². The van der Waals surface area contributed by atoms with E-state index in [-0.39, 0.29) is 12.5 Å². The first-order valence-corrected chi connectivity index (χ1v) is 6.16. The smallest absolute Gasteiger partial charge is 0.378 e. The Balaban J connectivity index is 2.09. The number of hydrogen-bond acceptors (Lipinski definition) is 3. The molecule has 0 aliphatic carbocycles. The van der Waals surface area contributed by atoms with E-state index in [0.717, 1.165) is 32.3 Å². The van der Waals surface area contributed by atoms with Crippen LogP contribution in [-0.4, -0.2) is 24.9 Å². The van der Waals surface area contributed by atoms with Crippen molar-refractivity contribution in [1.82, 2.24) is 5.43 Å². The molecule has 0 bridgehead atoms. The maximum Gasteiger partial charge on any atom is 0.389 e. The number of nitrogens with two attached hydrogens (primary N) is 1. The van der Waals surface area contributed by atoms with Crippen LogP contribution in [0.4, 0.5) is 13.2 Å². The van der Waals surface area contributed by atoms with Crippen LogP contribution in [0.2, 0.25) is 0 Å². The van der Waals surface area contributed by atoms with Gasteiger partial charge in [-0.2, -0.15) is 13.2 Å². The van der Waals surface area contributed by atoms with Gasteiger partial charge >= 0.3 is 6.18 Å². The van der Waals surface area contributed by atoms with Crippen molar-refractivity contribution in [2.45, 2.75) is 63.3 Å². The van der Waals surface area contributed by atoms with Crippen molar-refractivity contribution >= 4 is 0 Å². The summed E-state index contributed by atoms with van der Waals surface area (Å²) in [6.07, 6.45) is 0.0991. The van der Waals surface area contributed by atoms with Gasteiger partial charge in [0.1, 0.15) is 0 Å². The Hall–Kier alpha value is -0.330. The van der Waals surface area contributed by atoms with Crippen LogP contribution in [0.5, 0.6) is 0 Å². The van der Waals surface area contributed by atoms with E-state index in [4.69, 9.17) is 10.6 Å². The number of hydrogen-bond donors (Lipinski definition) is 2. The highest BCUT2D eigenvalue weighted by atomic mass is 19.4. The summed E-state index contributed by atoms with van der Waals surface area (Å²) in [6.45, 7) is 0.817. The monoisotopic (exact) mass is 254 g/mol. The van der Waals surface area contributed by atoms with Crippen molar-refractivity contribution in [3.8, 4) is 0 Å². The van der Waals surface area contributed by atoms with Gasteiger partial charge in [-0.05, 0) is 38.5 Å². The van der Waals surface area contributed by atoms with Crippen LogP contribution >= 0.6 is 0 Å². The zero-order valence-corrected chi connectivity index (χ0v) is 9.93. The van der Waals surface area contributed by atoms with Crippen molar-refractivity contribution in [2.75, 3.05) is 6.61 Å². The fraction of sp³-hybridized carbons (Fsp3) is 1.00. The van der Waals surface area contributed by atoms with E-state index in [0.29, 0.717) is 12.5 Å². The van der Waals surface area contributed by atoms with Crippen LogP contribution in [0.1, 0.15) is 44.9 Å². The molecular weight excluding hydrogens is 233 g/mol. The topological polar surface area (TPSA) is 47.3 Å². The molecule has 3 nitrogen and oxygen atoms in total. The molecule has 0 aromatic carbocycles. The molecule has 0 radical (unpaired) electrons. The lowest BCUT2D eigenvalue weighted by Crippen LogP contribution is -2.36. The fourth-order valence-corrected chi connectivity index (χ4v) is 2.11. The van der Waals surface area contributed by atoms with E-state index in [1.54, 1.807) is 0 Å². The molecule has 2 atom stereocenters. The van der Waals surface area contributed by atoms with E-state index in [1.807, 2.05) is 0 Å². The molecule has 1 heterocycles. The van der Waals surface area contributed by atoms with Crippen molar-refractivity contribution in [1.29, 1.82) is 0 Å². The molecular formula is C11H21F3N2O. The molecule has 1 aliphatic heterocycles. The summed E-state index contributed by atoms with van der Waals surface area (Å²) in [7, 11) is 0. The van der Waals surface area contributed by atoms with Gasteiger partial charge in [0.05, 0.1) is 6.10 Å². The first kappa shape index (κ1) is 14.7. The summed E-state index contributed by atoms with van der Waals surface area (Å²) in [5.74, 6) is 5.25. The molecule has 1 aliphatic rings. The minimum Gasteiger partial charge on any atom is -0.378 e. The average molecular weight is 254 g/mol.